The van der Waals surface area contributed by atoms with E-state index in [4.69, 9.17) is 21.1 Å². The van der Waals surface area contributed by atoms with Crippen LogP contribution in [0.3, 0.4) is 0 Å². The quantitative estimate of drug-likeness (QED) is 0.426. The predicted octanol–water partition coefficient (Wildman–Crippen LogP) is 3.73. The lowest BCUT2D eigenvalue weighted by atomic mass is 10.1. The van der Waals surface area contributed by atoms with Crippen molar-refractivity contribution >= 4 is 34.9 Å². The molecule has 0 aliphatic rings. The highest BCUT2D eigenvalue weighted by atomic mass is 35.5. The van der Waals surface area contributed by atoms with Crippen LogP contribution in [0.15, 0.2) is 30.3 Å². The Kier molecular flexibility index (Phi) is 6.94. The van der Waals surface area contributed by atoms with Gasteiger partial charge in [-0.3, -0.25) is 14.9 Å². The van der Waals surface area contributed by atoms with E-state index >= 15 is 0 Å². The van der Waals surface area contributed by atoms with Crippen LogP contribution in [0.5, 0.6) is 5.75 Å². The fourth-order valence-electron chi connectivity index (χ4n) is 2.49. The number of amides is 1. The third-order valence-electron chi connectivity index (χ3n) is 3.83. The number of benzene rings is 2. The molecule has 0 heterocycles. The van der Waals surface area contributed by atoms with Crippen molar-refractivity contribution in [3.8, 4) is 5.75 Å². The van der Waals surface area contributed by atoms with Crippen LogP contribution < -0.4 is 10.1 Å². The van der Waals surface area contributed by atoms with Gasteiger partial charge in [0, 0.05) is 17.2 Å². The van der Waals surface area contributed by atoms with E-state index < -0.39 is 23.4 Å². The van der Waals surface area contributed by atoms with Gasteiger partial charge < -0.3 is 14.8 Å². The summed E-state index contributed by atoms with van der Waals surface area (Å²) in [6.45, 7) is 4.38. The maximum Gasteiger partial charge on any atom is 0.344 e. The Labute approximate surface area is 166 Å². The highest BCUT2D eigenvalue weighted by molar-refractivity contribution is 6.30. The lowest BCUT2D eigenvalue weighted by Gasteiger charge is -2.12. The van der Waals surface area contributed by atoms with Gasteiger partial charge in [-0.1, -0.05) is 17.7 Å². The lowest BCUT2D eigenvalue weighted by molar-refractivity contribution is -0.384. The average molecular weight is 407 g/mol. The van der Waals surface area contributed by atoms with Crippen molar-refractivity contribution < 1.29 is 24.0 Å². The van der Waals surface area contributed by atoms with Crippen LogP contribution >= 0.6 is 11.6 Å². The summed E-state index contributed by atoms with van der Waals surface area (Å²) >= 11 is 5.95. The van der Waals surface area contributed by atoms with Crippen LogP contribution in [0, 0.1) is 30.9 Å². The molecule has 2 aromatic carbocycles. The van der Waals surface area contributed by atoms with Crippen molar-refractivity contribution in [3.05, 3.63) is 62.2 Å². The van der Waals surface area contributed by atoms with E-state index in [9.17, 15) is 19.7 Å². The van der Waals surface area contributed by atoms with Gasteiger partial charge in [0.1, 0.15) is 5.75 Å². The van der Waals surface area contributed by atoms with Crippen LogP contribution in [0.1, 0.15) is 16.7 Å². The number of carbonyl (C=O) groups is 2. The van der Waals surface area contributed by atoms with Gasteiger partial charge in [-0.25, -0.2) is 4.79 Å². The van der Waals surface area contributed by atoms with E-state index in [2.05, 4.69) is 5.32 Å². The summed E-state index contributed by atoms with van der Waals surface area (Å²) in [5.41, 5.74) is 2.31. The van der Waals surface area contributed by atoms with Gasteiger partial charge in [0.15, 0.2) is 13.2 Å². The van der Waals surface area contributed by atoms with Crippen molar-refractivity contribution in [1.82, 2.24) is 0 Å². The number of nitrogens with zero attached hydrogens (tertiary/aromatic N) is 1. The summed E-state index contributed by atoms with van der Waals surface area (Å²) in [6, 6.07) is 7.52. The maximum absolute atomic E-state index is 12.0. The molecule has 0 unspecified atom stereocenters. The maximum atomic E-state index is 12.0. The Bertz CT molecular complexity index is 906. The summed E-state index contributed by atoms with van der Waals surface area (Å²) < 4.78 is 10.3. The molecule has 0 atom stereocenters. The summed E-state index contributed by atoms with van der Waals surface area (Å²) in [4.78, 5) is 34.0. The molecule has 0 aromatic heterocycles. The van der Waals surface area contributed by atoms with Crippen LogP contribution in [0.4, 0.5) is 11.4 Å². The number of carbonyl (C=O) groups excluding carboxylic acids is 2. The molecule has 0 saturated carbocycles. The zero-order valence-electron chi connectivity index (χ0n) is 15.6. The molecule has 1 amide bonds. The molecule has 148 valence electrons. The highest BCUT2D eigenvalue weighted by Gasteiger charge is 2.14. The molecule has 1 N–H and O–H groups in total. The van der Waals surface area contributed by atoms with Gasteiger partial charge in [-0.05, 0) is 49.6 Å². The topological polar surface area (TPSA) is 108 Å². The molecule has 0 spiro atoms. The molecule has 0 aliphatic heterocycles. The molecule has 0 radical (unpaired) electrons. The monoisotopic (exact) mass is 406 g/mol. The van der Waals surface area contributed by atoms with Crippen molar-refractivity contribution in [1.29, 1.82) is 0 Å². The van der Waals surface area contributed by atoms with E-state index in [1.807, 2.05) is 0 Å². The zero-order chi connectivity index (χ0) is 20.8. The Morgan fingerprint density at radius 2 is 1.71 bits per heavy atom. The Hall–Kier alpha value is -3.13. The molecule has 2 aromatic rings. The molecule has 0 bridgehead atoms. The van der Waals surface area contributed by atoms with Gasteiger partial charge in [0.05, 0.1) is 10.6 Å². The molecular formula is C19H19ClN2O6. The molecule has 28 heavy (non-hydrogen) atoms. The molecule has 0 fully saturated rings. The van der Waals surface area contributed by atoms with Gasteiger partial charge >= 0.3 is 5.97 Å². The average Bonchev–Trinajstić information content (AvgIpc) is 2.60. The number of hydrogen-bond donors (Lipinski definition) is 1. The zero-order valence-corrected chi connectivity index (χ0v) is 16.3. The Balaban J connectivity index is 1.87. The first-order valence-electron chi connectivity index (χ1n) is 8.27. The fraction of sp³-hybridized carbons (Fsp3) is 0.263. The molecule has 8 nitrogen and oxygen atoms in total. The number of aryl methyl sites for hydroxylation is 3. The van der Waals surface area contributed by atoms with Crippen molar-refractivity contribution in [2.75, 3.05) is 18.5 Å². The summed E-state index contributed by atoms with van der Waals surface area (Å²) in [5, 5.41) is 13.9. The van der Waals surface area contributed by atoms with Crippen LogP contribution in [-0.4, -0.2) is 30.0 Å². The van der Waals surface area contributed by atoms with Crippen molar-refractivity contribution in [3.63, 3.8) is 0 Å². The number of nitrogens with one attached hydrogen (secondary N) is 1. The van der Waals surface area contributed by atoms with Gasteiger partial charge in [0.25, 0.3) is 11.6 Å². The number of halogens is 1. The molecule has 2 rings (SSSR count). The lowest BCUT2D eigenvalue weighted by Crippen LogP contribution is -2.24. The minimum atomic E-state index is -0.723. The fourth-order valence-corrected chi connectivity index (χ4v) is 2.82. The van der Waals surface area contributed by atoms with E-state index in [0.29, 0.717) is 16.3 Å². The van der Waals surface area contributed by atoms with Gasteiger partial charge in [-0.15, -0.1) is 0 Å². The van der Waals surface area contributed by atoms with Crippen molar-refractivity contribution in [2.24, 2.45) is 0 Å². The second-order valence-electron chi connectivity index (χ2n) is 6.12. The minimum Gasteiger partial charge on any atom is -0.481 e. The smallest absolute Gasteiger partial charge is 0.344 e. The number of rotatable bonds is 7. The number of anilines is 1. The van der Waals surface area contributed by atoms with Crippen LogP contribution in [0.25, 0.3) is 0 Å². The minimum absolute atomic E-state index is 0.153. The Morgan fingerprint density at radius 1 is 1.07 bits per heavy atom. The molecule has 9 heteroatoms. The number of hydrogen-bond acceptors (Lipinski definition) is 6. The van der Waals surface area contributed by atoms with E-state index in [1.54, 1.807) is 32.9 Å². The van der Waals surface area contributed by atoms with Crippen LogP contribution in [0.2, 0.25) is 5.02 Å². The molecule has 0 saturated heterocycles. The van der Waals surface area contributed by atoms with E-state index in [-0.39, 0.29) is 18.0 Å². The van der Waals surface area contributed by atoms with Gasteiger partial charge in [0.2, 0.25) is 0 Å². The van der Waals surface area contributed by atoms with E-state index in [1.165, 1.54) is 18.2 Å². The second kappa shape index (κ2) is 9.18. The predicted molar refractivity (Wildman–Crippen MR) is 104 cm³/mol. The first kappa shape index (κ1) is 21.2. The van der Waals surface area contributed by atoms with Crippen LogP contribution in [-0.2, 0) is 14.3 Å². The third kappa shape index (κ3) is 5.68. The summed E-state index contributed by atoms with van der Waals surface area (Å²) in [5.74, 6) is -0.812. The largest absolute Gasteiger partial charge is 0.481 e. The number of nitro benzene ring substituents is 1. The first-order valence-corrected chi connectivity index (χ1v) is 8.65. The van der Waals surface area contributed by atoms with E-state index in [0.717, 1.165) is 11.1 Å². The summed E-state index contributed by atoms with van der Waals surface area (Å²) in [6.07, 6.45) is 0. The van der Waals surface area contributed by atoms with Crippen molar-refractivity contribution in [2.45, 2.75) is 20.8 Å². The number of ether oxygens (including phenoxy) is 2. The number of nitro groups is 1. The molecule has 0 aliphatic carbocycles. The third-order valence-corrected chi connectivity index (χ3v) is 4.05. The molecular weight excluding hydrogens is 388 g/mol. The summed E-state index contributed by atoms with van der Waals surface area (Å²) in [7, 11) is 0. The Morgan fingerprint density at radius 3 is 2.32 bits per heavy atom. The highest BCUT2D eigenvalue weighted by Crippen LogP contribution is 2.27. The number of non-ortho nitro benzene ring substituents is 1. The van der Waals surface area contributed by atoms with Gasteiger partial charge in [-0.2, -0.15) is 0 Å². The normalized spacial score (nSPS) is 10.3. The number of esters is 1. The first-order chi connectivity index (χ1) is 13.2. The SMILES string of the molecule is Cc1ccc([N+](=O)[O-])cc1NC(=O)COC(=O)COc1c(C)cc(Cl)cc1C. The standard InChI is InChI=1S/C19H19ClN2O6/c1-11-4-5-15(22(25)26)8-16(11)21-17(23)9-27-18(24)10-28-19-12(2)6-14(20)7-13(19)3/h4-8H,9-10H2,1-3H3,(H,21,23). The second-order valence-corrected chi connectivity index (χ2v) is 6.56.